The third-order valence-corrected chi connectivity index (χ3v) is 4.82. The Bertz CT molecular complexity index is 728. The molecule has 2 N–H and O–H groups in total. The highest BCUT2D eigenvalue weighted by molar-refractivity contribution is 5.74. The van der Waals surface area contributed by atoms with Gasteiger partial charge >= 0.3 is 6.03 Å². The van der Waals surface area contributed by atoms with Crippen LogP contribution in [0.3, 0.4) is 0 Å². The van der Waals surface area contributed by atoms with E-state index in [1.165, 1.54) is 5.69 Å². The molecule has 3 rings (SSSR count). The molecule has 0 bridgehead atoms. The van der Waals surface area contributed by atoms with Gasteiger partial charge in [-0.25, -0.2) is 4.79 Å². The molecule has 0 spiro atoms. The van der Waals surface area contributed by atoms with E-state index < -0.39 is 0 Å². The minimum atomic E-state index is -0.159. The van der Waals surface area contributed by atoms with Crippen molar-refractivity contribution in [3.8, 4) is 0 Å². The average Bonchev–Trinajstić information content (AvgIpc) is 2.73. The molecule has 1 saturated heterocycles. The fourth-order valence-corrected chi connectivity index (χ4v) is 3.32. The lowest BCUT2D eigenvalue weighted by Gasteiger charge is -2.29. The van der Waals surface area contributed by atoms with Gasteiger partial charge < -0.3 is 25.2 Å². The fraction of sp³-hybridized carbons (Fsp3) is 0.409. The Morgan fingerprint density at radius 2 is 1.75 bits per heavy atom. The summed E-state index contributed by atoms with van der Waals surface area (Å²) in [7, 11) is 4.01. The molecule has 1 unspecified atom stereocenters. The highest BCUT2D eigenvalue weighted by atomic mass is 16.5. The summed E-state index contributed by atoms with van der Waals surface area (Å²) in [6.45, 7) is 4.64. The molecule has 150 valence electrons. The van der Waals surface area contributed by atoms with Crippen molar-refractivity contribution in [2.24, 2.45) is 0 Å². The van der Waals surface area contributed by atoms with E-state index in [9.17, 15) is 4.79 Å². The van der Waals surface area contributed by atoms with Crippen LogP contribution in [-0.2, 0) is 11.3 Å². The van der Waals surface area contributed by atoms with Crippen LogP contribution in [0.4, 0.5) is 10.5 Å². The number of carbonyl (C=O) groups excluding carboxylic acids is 1. The first-order valence-electron chi connectivity index (χ1n) is 9.77. The van der Waals surface area contributed by atoms with Crippen LogP contribution in [0.1, 0.15) is 17.2 Å². The lowest BCUT2D eigenvalue weighted by atomic mass is 10.1. The number of likely N-dealkylation sites (N-methyl/N-ethyl adjacent to an activating group) is 1. The van der Waals surface area contributed by atoms with Crippen molar-refractivity contribution in [1.29, 1.82) is 0 Å². The molecule has 6 heteroatoms. The van der Waals surface area contributed by atoms with E-state index in [2.05, 4.69) is 44.7 Å². The van der Waals surface area contributed by atoms with Crippen molar-refractivity contribution in [2.45, 2.75) is 12.6 Å². The van der Waals surface area contributed by atoms with Crippen LogP contribution in [0.15, 0.2) is 54.6 Å². The van der Waals surface area contributed by atoms with Gasteiger partial charge in [-0.15, -0.1) is 0 Å². The molecule has 2 aromatic rings. The second kappa shape index (κ2) is 10.1. The van der Waals surface area contributed by atoms with Crippen LogP contribution in [0.25, 0.3) is 0 Å². The number of carbonyl (C=O) groups is 1. The van der Waals surface area contributed by atoms with E-state index >= 15 is 0 Å². The normalized spacial score (nSPS) is 15.3. The number of amides is 2. The molecule has 2 amide bonds. The number of hydrogen-bond acceptors (Lipinski definition) is 4. The topological polar surface area (TPSA) is 56.8 Å². The monoisotopic (exact) mass is 382 g/mol. The predicted octanol–water partition coefficient (Wildman–Crippen LogP) is 2.63. The maximum absolute atomic E-state index is 12.4. The van der Waals surface area contributed by atoms with Gasteiger partial charge in [-0.05, 0) is 37.4 Å². The molecule has 0 saturated carbocycles. The number of morpholine rings is 1. The van der Waals surface area contributed by atoms with Crippen LogP contribution in [-0.4, -0.2) is 57.9 Å². The van der Waals surface area contributed by atoms with E-state index in [4.69, 9.17) is 4.74 Å². The van der Waals surface area contributed by atoms with Crippen LogP contribution in [0, 0.1) is 0 Å². The van der Waals surface area contributed by atoms with Crippen LogP contribution in [0.2, 0.25) is 0 Å². The van der Waals surface area contributed by atoms with Gasteiger partial charge in [0.1, 0.15) is 0 Å². The van der Waals surface area contributed by atoms with Crippen molar-refractivity contribution >= 4 is 11.7 Å². The molecule has 1 fully saturated rings. The first-order valence-corrected chi connectivity index (χ1v) is 9.77. The molecule has 1 heterocycles. The van der Waals surface area contributed by atoms with Crippen molar-refractivity contribution in [3.63, 3.8) is 0 Å². The zero-order valence-electron chi connectivity index (χ0n) is 16.7. The van der Waals surface area contributed by atoms with Crippen molar-refractivity contribution < 1.29 is 9.53 Å². The Balaban J connectivity index is 1.52. The Labute approximate surface area is 167 Å². The first kappa shape index (κ1) is 20.2. The number of anilines is 1. The lowest BCUT2D eigenvalue weighted by molar-refractivity contribution is 0.122. The Morgan fingerprint density at radius 1 is 1.07 bits per heavy atom. The largest absolute Gasteiger partial charge is 0.378 e. The second-order valence-electron chi connectivity index (χ2n) is 7.32. The standard InChI is InChI=1S/C22H30N4O2/c1-25(2)17-21(19-6-4-3-5-7-19)24-22(27)23-16-18-8-10-20(11-9-18)26-12-14-28-15-13-26/h3-11,21H,12-17H2,1-2H3,(H2,23,24,27). The number of nitrogens with one attached hydrogen (secondary N) is 2. The SMILES string of the molecule is CN(C)CC(NC(=O)NCc1ccc(N2CCOCC2)cc1)c1ccccc1. The van der Waals surface area contributed by atoms with Gasteiger partial charge in [0.15, 0.2) is 0 Å². The number of nitrogens with zero attached hydrogens (tertiary/aromatic N) is 2. The van der Waals surface area contributed by atoms with Crippen LogP contribution >= 0.6 is 0 Å². The van der Waals surface area contributed by atoms with E-state index in [1.807, 2.05) is 44.4 Å². The van der Waals surface area contributed by atoms with Crippen molar-refractivity contribution in [1.82, 2.24) is 15.5 Å². The summed E-state index contributed by atoms with van der Waals surface area (Å²) >= 11 is 0. The minimum absolute atomic E-state index is 0.0557. The molecule has 1 atom stereocenters. The van der Waals surface area contributed by atoms with E-state index in [0.717, 1.165) is 44.0 Å². The summed E-state index contributed by atoms with van der Waals surface area (Å²) < 4.78 is 5.40. The molecular formula is C22H30N4O2. The lowest BCUT2D eigenvalue weighted by Crippen LogP contribution is -2.41. The quantitative estimate of drug-likeness (QED) is 0.773. The van der Waals surface area contributed by atoms with Gasteiger partial charge in [0.2, 0.25) is 0 Å². The zero-order valence-corrected chi connectivity index (χ0v) is 16.7. The molecule has 28 heavy (non-hydrogen) atoms. The number of urea groups is 1. The van der Waals surface area contributed by atoms with Gasteiger partial charge in [-0.2, -0.15) is 0 Å². The number of hydrogen-bond donors (Lipinski definition) is 2. The molecule has 0 radical (unpaired) electrons. The maximum atomic E-state index is 12.4. The second-order valence-corrected chi connectivity index (χ2v) is 7.32. The molecule has 1 aliphatic rings. The molecule has 2 aromatic carbocycles. The van der Waals surface area contributed by atoms with Gasteiger partial charge in [0.05, 0.1) is 19.3 Å². The highest BCUT2D eigenvalue weighted by Gasteiger charge is 2.15. The summed E-state index contributed by atoms with van der Waals surface area (Å²) in [4.78, 5) is 16.8. The average molecular weight is 383 g/mol. The van der Waals surface area contributed by atoms with Crippen LogP contribution < -0.4 is 15.5 Å². The van der Waals surface area contributed by atoms with E-state index in [0.29, 0.717) is 6.54 Å². The van der Waals surface area contributed by atoms with Crippen molar-refractivity contribution in [2.75, 3.05) is 51.8 Å². The molecule has 1 aliphatic heterocycles. The molecule has 6 nitrogen and oxygen atoms in total. The molecule has 0 aromatic heterocycles. The zero-order chi connectivity index (χ0) is 19.8. The highest BCUT2D eigenvalue weighted by Crippen LogP contribution is 2.17. The van der Waals surface area contributed by atoms with E-state index in [1.54, 1.807) is 0 Å². The predicted molar refractivity (Wildman–Crippen MR) is 113 cm³/mol. The summed E-state index contributed by atoms with van der Waals surface area (Å²) in [5, 5.41) is 6.05. The third kappa shape index (κ3) is 5.97. The minimum Gasteiger partial charge on any atom is -0.378 e. The first-order chi connectivity index (χ1) is 13.6. The van der Waals surface area contributed by atoms with Gasteiger partial charge in [-0.3, -0.25) is 0 Å². The fourth-order valence-electron chi connectivity index (χ4n) is 3.32. The summed E-state index contributed by atoms with van der Waals surface area (Å²) in [5.41, 5.74) is 3.38. The maximum Gasteiger partial charge on any atom is 0.315 e. The van der Waals surface area contributed by atoms with Crippen LogP contribution in [0.5, 0.6) is 0 Å². The summed E-state index contributed by atoms with van der Waals surface area (Å²) in [5.74, 6) is 0. The van der Waals surface area contributed by atoms with Crippen molar-refractivity contribution in [3.05, 3.63) is 65.7 Å². The third-order valence-electron chi connectivity index (χ3n) is 4.82. The number of rotatable bonds is 7. The molecular weight excluding hydrogens is 352 g/mol. The van der Waals surface area contributed by atoms with Gasteiger partial charge in [-0.1, -0.05) is 42.5 Å². The molecule has 0 aliphatic carbocycles. The Kier molecular flexibility index (Phi) is 7.28. The summed E-state index contributed by atoms with van der Waals surface area (Å²) in [6.07, 6.45) is 0. The number of ether oxygens (including phenoxy) is 1. The Morgan fingerprint density at radius 3 is 2.39 bits per heavy atom. The Hall–Kier alpha value is -2.57. The van der Waals surface area contributed by atoms with E-state index in [-0.39, 0.29) is 12.1 Å². The smallest absolute Gasteiger partial charge is 0.315 e. The number of benzene rings is 2. The van der Waals surface area contributed by atoms with Gasteiger partial charge in [0.25, 0.3) is 0 Å². The summed E-state index contributed by atoms with van der Waals surface area (Å²) in [6, 6.07) is 18.2. The van der Waals surface area contributed by atoms with Gasteiger partial charge in [0, 0.05) is 31.9 Å².